The molecule has 0 spiro atoms. The summed E-state index contributed by atoms with van der Waals surface area (Å²) >= 11 is 1.62. The Morgan fingerprint density at radius 2 is 1.05 bits per heavy atom. The van der Waals surface area contributed by atoms with Crippen molar-refractivity contribution in [3.8, 4) is 0 Å². The molecule has 0 fully saturated rings. The van der Waals surface area contributed by atoms with Crippen molar-refractivity contribution in [2.75, 3.05) is 0 Å². The molecule has 0 atom stereocenters. The Morgan fingerprint density at radius 3 is 1.54 bits per heavy atom. The van der Waals surface area contributed by atoms with Gasteiger partial charge in [-0.15, -0.1) is 0 Å². The van der Waals surface area contributed by atoms with Crippen LogP contribution in [0.2, 0.25) is 11.8 Å². The minimum absolute atomic E-state index is 0.926. The van der Waals surface area contributed by atoms with Crippen LogP contribution in [0.25, 0.3) is 16.9 Å². The molecular formula is C36H54N2Ni. The van der Waals surface area contributed by atoms with E-state index >= 15 is 0 Å². The van der Waals surface area contributed by atoms with E-state index in [9.17, 15) is 5.53 Å². The van der Waals surface area contributed by atoms with E-state index in [4.69, 9.17) is 0 Å². The SMILES string of the molecule is CCCCCCCCC1=C(c2cccc(CCCC)c2)[N+](=[N-])C(c2cccc(CCCC)c2)=C1CC.[CH3][Ni][CH3]. The van der Waals surface area contributed by atoms with Crippen LogP contribution in [0, 0.1) is 0 Å². The first-order valence-corrected chi connectivity index (χ1v) is 17.4. The normalized spacial score (nSPS) is 13.3. The van der Waals surface area contributed by atoms with Crippen LogP contribution in [-0.2, 0) is 27.3 Å². The van der Waals surface area contributed by atoms with Crippen LogP contribution in [0.15, 0.2) is 59.7 Å². The Kier molecular flexibility index (Phi) is 16.3. The van der Waals surface area contributed by atoms with Gasteiger partial charge in [-0.2, -0.15) is 0 Å². The van der Waals surface area contributed by atoms with Crippen LogP contribution in [-0.4, -0.2) is 4.70 Å². The molecular weight excluding hydrogens is 519 g/mol. The van der Waals surface area contributed by atoms with Gasteiger partial charge in [-0.3, -0.25) is 0 Å². The molecule has 0 radical (unpaired) electrons. The van der Waals surface area contributed by atoms with Gasteiger partial charge >= 0.3 is 26.2 Å². The number of benzene rings is 2. The first-order chi connectivity index (χ1) is 19.1. The molecule has 1 heterocycles. The molecule has 0 bridgehead atoms. The van der Waals surface area contributed by atoms with Crippen LogP contribution < -0.4 is 0 Å². The third-order valence-corrected chi connectivity index (χ3v) is 7.53. The average molecular weight is 574 g/mol. The Labute approximate surface area is 246 Å². The van der Waals surface area contributed by atoms with Crippen molar-refractivity contribution in [2.45, 2.75) is 129 Å². The molecule has 0 amide bonds. The van der Waals surface area contributed by atoms with Gasteiger partial charge in [0.05, 0.1) is 0 Å². The molecule has 3 heteroatoms. The molecule has 1 aliphatic rings. The predicted octanol–water partition coefficient (Wildman–Crippen LogP) is 11.9. The zero-order valence-electron chi connectivity index (χ0n) is 25.7. The molecule has 0 aromatic heterocycles. The number of nitrogens with zero attached hydrogens (tertiary/aromatic N) is 2. The molecule has 0 N–H and O–H groups in total. The second kappa shape index (κ2) is 19.2. The van der Waals surface area contributed by atoms with E-state index in [1.54, 1.807) is 14.4 Å². The van der Waals surface area contributed by atoms with Crippen LogP contribution in [0.5, 0.6) is 0 Å². The van der Waals surface area contributed by atoms with E-state index in [2.05, 4.69) is 88.0 Å². The Morgan fingerprint density at radius 1 is 0.590 bits per heavy atom. The van der Waals surface area contributed by atoms with Crippen molar-refractivity contribution >= 4 is 11.4 Å². The average Bonchev–Trinajstić information content (AvgIpc) is 3.24. The monoisotopic (exact) mass is 572 g/mol. The van der Waals surface area contributed by atoms with E-state index < -0.39 is 0 Å². The van der Waals surface area contributed by atoms with Crippen LogP contribution in [0.1, 0.15) is 127 Å². The number of rotatable bonds is 16. The van der Waals surface area contributed by atoms with Gasteiger partial charge in [0.1, 0.15) is 0 Å². The predicted molar refractivity (Wildman–Crippen MR) is 168 cm³/mol. The van der Waals surface area contributed by atoms with Gasteiger partial charge in [0.15, 0.2) is 0 Å². The van der Waals surface area contributed by atoms with E-state index in [1.165, 1.54) is 91.2 Å². The summed E-state index contributed by atoms with van der Waals surface area (Å²) in [5.41, 5.74) is 21.4. The fourth-order valence-corrected chi connectivity index (χ4v) is 5.49. The molecule has 39 heavy (non-hydrogen) atoms. The molecule has 2 aromatic rings. The van der Waals surface area contributed by atoms with Gasteiger partial charge in [0.25, 0.3) is 0 Å². The fraction of sp³-hybridized carbons (Fsp3) is 0.556. The van der Waals surface area contributed by atoms with E-state index in [-0.39, 0.29) is 0 Å². The summed E-state index contributed by atoms with van der Waals surface area (Å²) in [6, 6.07) is 17.7. The van der Waals surface area contributed by atoms with Crippen LogP contribution in [0.3, 0.4) is 0 Å². The maximum atomic E-state index is 11.8. The van der Waals surface area contributed by atoms with Crippen molar-refractivity contribution in [3.63, 3.8) is 0 Å². The first kappa shape index (κ1) is 33.2. The molecule has 0 saturated carbocycles. The Bertz CT molecular complexity index is 1080. The number of aryl methyl sites for hydroxylation is 2. The van der Waals surface area contributed by atoms with Gasteiger partial charge in [-0.05, 0) is 80.3 Å². The number of hydrogen-bond donors (Lipinski definition) is 0. The van der Waals surface area contributed by atoms with Crippen molar-refractivity contribution in [1.29, 1.82) is 0 Å². The van der Waals surface area contributed by atoms with Crippen LogP contribution >= 0.6 is 0 Å². The molecule has 2 nitrogen and oxygen atoms in total. The van der Waals surface area contributed by atoms with Crippen LogP contribution in [0.4, 0.5) is 0 Å². The van der Waals surface area contributed by atoms with Gasteiger partial charge in [-0.1, -0.05) is 96.9 Å². The van der Waals surface area contributed by atoms with Gasteiger partial charge < -0.3 is 5.53 Å². The van der Waals surface area contributed by atoms with Gasteiger partial charge in [-0.25, -0.2) is 4.70 Å². The first-order valence-electron chi connectivity index (χ1n) is 15.4. The summed E-state index contributed by atoms with van der Waals surface area (Å²) in [7, 11) is 0. The van der Waals surface area contributed by atoms with E-state index in [1.807, 2.05) is 0 Å². The van der Waals surface area contributed by atoms with Crippen molar-refractivity contribution < 1.29 is 19.1 Å². The molecule has 1 aliphatic heterocycles. The van der Waals surface area contributed by atoms with Gasteiger partial charge in [0, 0.05) is 22.3 Å². The molecule has 0 saturated heterocycles. The van der Waals surface area contributed by atoms with E-state index in [0.717, 1.165) is 48.2 Å². The summed E-state index contributed by atoms with van der Waals surface area (Å²) in [6.07, 6.45) is 16.6. The third kappa shape index (κ3) is 10.2. The standard InChI is InChI=1S/C34H48N2.2CH3.Ni/c1-5-9-12-13-14-15-24-32-31(8-4)33(29-22-16-20-27(25-29)18-10-6-2)36(35)34(32)30-23-17-21-28(26-30)19-11-7-3;;;/h16-17,20-23,25-26H,5-15,18-19,24H2,1-4H3;2*1H3;. The summed E-state index contributed by atoms with van der Waals surface area (Å²) in [5, 5.41) is 0. The second-order valence-electron chi connectivity index (χ2n) is 10.8. The molecule has 0 unspecified atom stereocenters. The van der Waals surface area contributed by atoms with Crippen molar-refractivity contribution in [1.82, 2.24) is 0 Å². The summed E-state index contributed by atoms with van der Waals surface area (Å²) in [4.78, 5) is 0. The summed E-state index contributed by atoms with van der Waals surface area (Å²) in [6.45, 7) is 9.01. The van der Waals surface area contributed by atoms with Crippen molar-refractivity contribution in [3.05, 3.63) is 87.5 Å². The number of allylic oxidation sites excluding steroid dienone is 2. The number of unbranched alkanes of at least 4 members (excludes halogenated alkanes) is 7. The Hall–Kier alpha value is -1.99. The molecule has 3 rings (SSSR count). The minimum atomic E-state index is 0.926. The number of hydrogen-bond acceptors (Lipinski definition) is 0. The topological polar surface area (TPSA) is 25.3 Å². The molecule has 218 valence electrons. The molecule has 2 aromatic carbocycles. The van der Waals surface area contributed by atoms with Crippen molar-refractivity contribution in [2.24, 2.45) is 0 Å². The summed E-state index contributed by atoms with van der Waals surface area (Å²) in [5.74, 6) is 4.12. The van der Waals surface area contributed by atoms with Gasteiger partial charge in [0.2, 0.25) is 11.4 Å². The Balaban J connectivity index is 0.00000170. The zero-order chi connectivity index (χ0) is 28.5. The quantitative estimate of drug-likeness (QED) is 0.108. The maximum absolute atomic E-state index is 11.8. The fourth-order valence-electron chi connectivity index (χ4n) is 5.49. The second-order valence-corrected chi connectivity index (χ2v) is 11.7. The molecule has 0 aliphatic carbocycles. The summed E-state index contributed by atoms with van der Waals surface area (Å²) < 4.78 is 1.53. The third-order valence-electron chi connectivity index (χ3n) is 7.53. The van der Waals surface area contributed by atoms with E-state index in [0.29, 0.717) is 0 Å². The zero-order valence-corrected chi connectivity index (χ0v) is 26.7.